The van der Waals surface area contributed by atoms with Crippen LogP contribution in [-0.2, 0) is 4.79 Å². The molecule has 0 amide bonds. The van der Waals surface area contributed by atoms with Gasteiger partial charge < -0.3 is 10.3 Å². The van der Waals surface area contributed by atoms with E-state index >= 15 is 0 Å². The minimum atomic E-state index is -0.998. The molecule has 0 rings (SSSR count). The maximum Gasteiger partial charge on any atom is 0.323 e. The van der Waals surface area contributed by atoms with Crippen molar-refractivity contribution in [3.05, 3.63) is 0 Å². The molecule has 5 heteroatoms. The number of thioether (sulfide) groups is 1. The third kappa shape index (κ3) is 5.40. The van der Waals surface area contributed by atoms with Crippen LogP contribution in [0.4, 0.5) is 0 Å². The van der Waals surface area contributed by atoms with Gasteiger partial charge in [-0.2, -0.15) is 17.2 Å². The Morgan fingerprint density at radius 2 is 2.25 bits per heavy atom. The first-order valence-electron chi connectivity index (χ1n) is 3.83. The van der Waals surface area contributed by atoms with E-state index in [4.69, 9.17) is 10.3 Å². The molecule has 4 nitrogen and oxygen atoms in total. The highest BCUT2D eigenvalue weighted by molar-refractivity contribution is 7.98. The largest absolute Gasteiger partial charge is 0.480 e. The summed E-state index contributed by atoms with van der Waals surface area (Å²) in [5.74, 6) is 0.0410. The van der Waals surface area contributed by atoms with Crippen LogP contribution in [0, 0.1) is 0 Å². The number of hydroxylamine groups is 1. The van der Waals surface area contributed by atoms with Crippen molar-refractivity contribution in [2.24, 2.45) is 0 Å². The zero-order chi connectivity index (χ0) is 9.40. The van der Waals surface area contributed by atoms with E-state index in [2.05, 4.69) is 0 Å². The highest BCUT2D eigenvalue weighted by Crippen LogP contribution is 2.04. The lowest BCUT2D eigenvalue weighted by atomic mass is 10.1. The van der Waals surface area contributed by atoms with Gasteiger partial charge in [-0.05, 0) is 24.9 Å². The van der Waals surface area contributed by atoms with Gasteiger partial charge in [-0.3, -0.25) is 4.79 Å². The van der Waals surface area contributed by atoms with Gasteiger partial charge in [-0.1, -0.05) is 6.42 Å². The van der Waals surface area contributed by atoms with Crippen LogP contribution in [0.15, 0.2) is 0 Å². The van der Waals surface area contributed by atoms with E-state index in [0.717, 1.165) is 18.6 Å². The zero-order valence-electron chi connectivity index (χ0n) is 7.12. The van der Waals surface area contributed by atoms with Crippen LogP contribution < -0.4 is 5.48 Å². The van der Waals surface area contributed by atoms with Gasteiger partial charge in [-0.15, -0.1) is 0 Å². The third-order valence-corrected chi connectivity index (χ3v) is 2.24. The Balaban J connectivity index is 3.38. The molecule has 0 aliphatic heterocycles. The number of hydrogen-bond donors (Lipinski definition) is 3. The summed E-state index contributed by atoms with van der Waals surface area (Å²) in [5.41, 5.74) is 1.77. The number of hydrogen-bond acceptors (Lipinski definition) is 4. The van der Waals surface area contributed by atoms with Crippen LogP contribution in [0.3, 0.4) is 0 Å². The molecule has 0 bridgehead atoms. The molecule has 1 atom stereocenters. The Hall–Kier alpha value is -0.260. The molecule has 0 heterocycles. The molecule has 3 N–H and O–H groups in total. The van der Waals surface area contributed by atoms with Gasteiger partial charge in [-0.25, -0.2) is 0 Å². The normalized spacial score (nSPS) is 12.8. The molecule has 0 aromatic carbocycles. The van der Waals surface area contributed by atoms with Gasteiger partial charge in [0.1, 0.15) is 6.04 Å². The number of carboxylic acid groups (broad SMARTS) is 1. The SMILES string of the molecule is CSCCCCC(NO)C(=O)O. The van der Waals surface area contributed by atoms with Crippen LogP contribution in [0.25, 0.3) is 0 Å². The molecule has 0 aromatic heterocycles. The van der Waals surface area contributed by atoms with Crippen LogP contribution >= 0.6 is 11.8 Å². The first-order valence-corrected chi connectivity index (χ1v) is 5.23. The molecule has 72 valence electrons. The smallest absolute Gasteiger partial charge is 0.323 e. The Kier molecular flexibility index (Phi) is 7.23. The zero-order valence-corrected chi connectivity index (χ0v) is 7.93. The molecule has 12 heavy (non-hydrogen) atoms. The molecule has 0 fully saturated rings. The molecular weight excluding hydrogens is 178 g/mol. The van der Waals surface area contributed by atoms with Crippen LogP contribution in [0.2, 0.25) is 0 Å². The summed E-state index contributed by atoms with van der Waals surface area (Å²) in [6.45, 7) is 0. The second kappa shape index (κ2) is 7.39. The quantitative estimate of drug-likeness (QED) is 0.415. The summed E-state index contributed by atoms with van der Waals surface area (Å²) in [4.78, 5) is 10.4. The lowest BCUT2D eigenvalue weighted by Gasteiger charge is -2.08. The molecule has 0 aromatic rings. The highest BCUT2D eigenvalue weighted by atomic mass is 32.2. The Morgan fingerprint density at radius 1 is 1.58 bits per heavy atom. The lowest BCUT2D eigenvalue weighted by molar-refractivity contribution is -0.142. The minimum absolute atomic E-state index is 0.479. The number of nitrogens with one attached hydrogen (secondary N) is 1. The molecule has 0 spiro atoms. The average Bonchev–Trinajstić information content (AvgIpc) is 2.04. The minimum Gasteiger partial charge on any atom is -0.480 e. The number of aliphatic carboxylic acids is 1. The van der Waals surface area contributed by atoms with Crippen molar-refractivity contribution in [3.63, 3.8) is 0 Å². The van der Waals surface area contributed by atoms with Gasteiger partial charge in [0.15, 0.2) is 0 Å². The summed E-state index contributed by atoms with van der Waals surface area (Å²) in [7, 11) is 0. The van der Waals surface area contributed by atoms with Gasteiger partial charge in [0.05, 0.1) is 0 Å². The number of unbranched alkanes of at least 4 members (excludes halogenated alkanes) is 1. The first kappa shape index (κ1) is 11.7. The van der Waals surface area contributed by atoms with Crippen molar-refractivity contribution in [2.75, 3.05) is 12.0 Å². The summed E-state index contributed by atoms with van der Waals surface area (Å²) < 4.78 is 0. The van der Waals surface area contributed by atoms with Crippen molar-refractivity contribution in [1.82, 2.24) is 5.48 Å². The van der Waals surface area contributed by atoms with E-state index in [1.807, 2.05) is 6.26 Å². The van der Waals surface area contributed by atoms with E-state index in [-0.39, 0.29) is 0 Å². The van der Waals surface area contributed by atoms with Gasteiger partial charge >= 0.3 is 5.97 Å². The van der Waals surface area contributed by atoms with Crippen LogP contribution in [0.1, 0.15) is 19.3 Å². The first-order chi connectivity index (χ1) is 5.72. The number of rotatable bonds is 7. The summed E-state index contributed by atoms with van der Waals surface area (Å²) >= 11 is 1.74. The fraction of sp³-hybridized carbons (Fsp3) is 0.857. The van der Waals surface area contributed by atoms with Crippen molar-refractivity contribution >= 4 is 17.7 Å². The van der Waals surface area contributed by atoms with Crippen molar-refractivity contribution in [2.45, 2.75) is 25.3 Å². The Bertz CT molecular complexity index is 132. The third-order valence-electron chi connectivity index (χ3n) is 1.55. The maximum absolute atomic E-state index is 10.4. The van der Waals surface area contributed by atoms with Crippen LogP contribution in [0.5, 0.6) is 0 Å². The summed E-state index contributed by atoms with van der Waals surface area (Å²) in [6, 6.07) is -0.813. The molecule has 0 aliphatic rings. The molecule has 0 aliphatic carbocycles. The predicted octanol–water partition coefficient (Wildman–Crippen LogP) is 0.952. The van der Waals surface area contributed by atoms with E-state index in [1.54, 1.807) is 17.2 Å². The second-order valence-electron chi connectivity index (χ2n) is 2.51. The van der Waals surface area contributed by atoms with Crippen molar-refractivity contribution in [3.8, 4) is 0 Å². The fourth-order valence-corrected chi connectivity index (χ4v) is 1.33. The monoisotopic (exact) mass is 193 g/mol. The Morgan fingerprint density at radius 3 is 2.67 bits per heavy atom. The molecule has 0 radical (unpaired) electrons. The molecule has 0 saturated carbocycles. The van der Waals surface area contributed by atoms with Gasteiger partial charge in [0.2, 0.25) is 0 Å². The van der Waals surface area contributed by atoms with E-state index in [9.17, 15) is 4.79 Å². The summed E-state index contributed by atoms with van der Waals surface area (Å²) in [6.07, 6.45) is 4.31. The van der Waals surface area contributed by atoms with Crippen molar-refractivity contribution in [1.29, 1.82) is 0 Å². The standard InChI is InChI=1S/C7H15NO3S/c1-12-5-3-2-4-6(8-11)7(9)10/h6,8,11H,2-5H2,1H3,(H,9,10). The summed E-state index contributed by atoms with van der Waals surface area (Å²) in [5, 5.41) is 16.9. The van der Waals surface area contributed by atoms with E-state index in [1.165, 1.54) is 0 Å². The van der Waals surface area contributed by atoms with Gasteiger partial charge in [0.25, 0.3) is 0 Å². The fourth-order valence-electron chi connectivity index (χ4n) is 0.838. The molecular formula is C7H15NO3S. The number of carbonyl (C=O) groups is 1. The average molecular weight is 193 g/mol. The predicted molar refractivity (Wildman–Crippen MR) is 48.6 cm³/mol. The van der Waals surface area contributed by atoms with Crippen molar-refractivity contribution < 1.29 is 15.1 Å². The maximum atomic E-state index is 10.4. The molecule has 0 saturated heterocycles. The highest BCUT2D eigenvalue weighted by Gasteiger charge is 2.14. The van der Waals surface area contributed by atoms with E-state index < -0.39 is 12.0 Å². The molecule has 1 unspecified atom stereocenters. The van der Waals surface area contributed by atoms with Gasteiger partial charge in [0, 0.05) is 0 Å². The van der Waals surface area contributed by atoms with E-state index in [0.29, 0.717) is 6.42 Å². The number of carboxylic acids is 1. The van der Waals surface area contributed by atoms with Crippen LogP contribution in [-0.4, -0.2) is 34.3 Å². The lowest BCUT2D eigenvalue weighted by Crippen LogP contribution is -2.34. The Labute approximate surface area is 76.3 Å². The second-order valence-corrected chi connectivity index (χ2v) is 3.49. The topological polar surface area (TPSA) is 69.6 Å².